The van der Waals surface area contributed by atoms with Crippen molar-refractivity contribution in [2.45, 2.75) is 6.92 Å². The van der Waals surface area contributed by atoms with Gasteiger partial charge in [0.05, 0.1) is 0 Å². The lowest BCUT2D eigenvalue weighted by atomic mass is 9.94. The summed E-state index contributed by atoms with van der Waals surface area (Å²) in [5.74, 6) is 0.449. The Bertz CT molecular complexity index is 1270. The monoisotopic (exact) mass is 369 g/mol. The lowest BCUT2D eigenvalue weighted by Crippen LogP contribution is -1.89. The number of rotatable bonds is 3. The fraction of sp³-hybridized carbons (Fsp3) is 0.0455. The smallest absolute Gasteiger partial charge is 0.156 e. The number of aromatic amines is 2. The van der Waals surface area contributed by atoms with Gasteiger partial charge in [0.1, 0.15) is 17.0 Å². The van der Waals surface area contributed by atoms with Crippen LogP contribution in [0.25, 0.3) is 44.7 Å². The van der Waals surface area contributed by atoms with E-state index in [1.807, 2.05) is 12.3 Å². The Hall–Kier alpha value is -3.80. The number of aromatic nitrogens is 5. The van der Waals surface area contributed by atoms with Crippen molar-refractivity contribution in [2.24, 2.45) is 0 Å². The van der Waals surface area contributed by atoms with Gasteiger partial charge in [-0.1, -0.05) is 12.1 Å². The Morgan fingerprint density at radius 2 is 1.79 bits per heavy atom. The molecule has 2 N–H and O–H groups in total. The zero-order chi connectivity index (χ0) is 19.1. The summed E-state index contributed by atoms with van der Waals surface area (Å²) in [4.78, 5) is 11.8. The van der Waals surface area contributed by atoms with Crippen molar-refractivity contribution >= 4 is 10.9 Å². The van der Waals surface area contributed by atoms with Gasteiger partial charge >= 0.3 is 0 Å². The number of imidazole rings is 1. The molecule has 0 bridgehead atoms. The average Bonchev–Trinajstić information content (AvgIpc) is 3.38. The predicted octanol–water partition coefficient (Wildman–Crippen LogP) is 5.13. The fourth-order valence-electron chi connectivity index (χ4n) is 3.47. The van der Waals surface area contributed by atoms with E-state index in [1.54, 1.807) is 30.7 Å². The second kappa shape index (κ2) is 6.42. The van der Waals surface area contributed by atoms with Crippen molar-refractivity contribution < 1.29 is 4.39 Å². The zero-order valence-corrected chi connectivity index (χ0v) is 15.1. The van der Waals surface area contributed by atoms with E-state index in [-0.39, 0.29) is 5.82 Å². The summed E-state index contributed by atoms with van der Waals surface area (Å²) in [6.07, 6.45) is 7.12. The third-order valence-electron chi connectivity index (χ3n) is 4.90. The molecule has 0 radical (unpaired) electrons. The largest absolute Gasteiger partial charge is 0.343 e. The normalized spacial score (nSPS) is 11.2. The van der Waals surface area contributed by atoms with Crippen molar-refractivity contribution in [1.29, 1.82) is 0 Å². The highest BCUT2D eigenvalue weighted by molar-refractivity contribution is 6.03. The molecular weight excluding hydrogens is 353 g/mol. The summed E-state index contributed by atoms with van der Waals surface area (Å²) < 4.78 is 13.5. The van der Waals surface area contributed by atoms with E-state index in [1.165, 1.54) is 12.1 Å². The van der Waals surface area contributed by atoms with Gasteiger partial charge in [0.25, 0.3) is 0 Å². The highest BCUT2D eigenvalue weighted by Crippen LogP contribution is 2.37. The first-order valence-corrected chi connectivity index (χ1v) is 8.89. The number of nitrogens with one attached hydrogen (secondary N) is 2. The number of aryl methyl sites for hydroxylation is 1. The van der Waals surface area contributed by atoms with Crippen LogP contribution in [0.4, 0.5) is 4.39 Å². The van der Waals surface area contributed by atoms with Crippen LogP contribution in [-0.4, -0.2) is 25.1 Å². The number of halogens is 1. The van der Waals surface area contributed by atoms with Crippen LogP contribution in [0.1, 0.15) is 5.56 Å². The molecule has 0 atom stereocenters. The van der Waals surface area contributed by atoms with E-state index < -0.39 is 0 Å². The number of benzene rings is 2. The molecule has 0 aliphatic heterocycles. The molecule has 0 aliphatic rings. The van der Waals surface area contributed by atoms with Crippen LogP contribution in [0.2, 0.25) is 0 Å². The minimum Gasteiger partial charge on any atom is -0.343 e. The van der Waals surface area contributed by atoms with Gasteiger partial charge in [0.2, 0.25) is 0 Å². The third kappa shape index (κ3) is 2.66. The SMILES string of the molecule is Cc1ccncc1-c1cc(-c2ccc(F)cc2)c2n[nH]c(-c3ncc[nH]3)c2c1. The molecule has 0 saturated carbocycles. The fourth-order valence-corrected chi connectivity index (χ4v) is 3.47. The molecule has 0 amide bonds. The number of hydrogen-bond acceptors (Lipinski definition) is 3. The summed E-state index contributed by atoms with van der Waals surface area (Å²) in [6, 6.07) is 12.6. The quantitative estimate of drug-likeness (QED) is 0.463. The predicted molar refractivity (Wildman–Crippen MR) is 107 cm³/mol. The molecule has 5 aromatic rings. The second-order valence-corrected chi connectivity index (χ2v) is 6.65. The standard InChI is InChI=1S/C22H16FN5/c1-13-6-7-24-12-19(13)15-10-17(14-2-4-16(23)5-3-14)20-18(11-15)21(28-27-20)22-25-8-9-26-22/h2-12H,1H3,(H,25,26)(H,27,28). The minimum absolute atomic E-state index is 0.266. The van der Waals surface area contributed by atoms with Crippen molar-refractivity contribution in [2.75, 3.05) is 0 Å². The highest BCUT2D eigenvalue weighted by atomic mass is 19.1. The van der Waals surface area contributed by atoms with Gasteiger partial charge in [-0.15, -0.1) is 0 Å². The van der Waals surface area contributed by atoms with Crippen LogP contribution >= 0.6 is 0 Å². The van der Waals surface area contributed by atoms with Crippen molar-refractivity contribution in [3.63, 3.8) is 0 Å². The van der Waals surface area contributed by atoms with Gasteiger partial charge in [0, 0.05) is 41.3 Å². The van der Waals surface area contributed by atoms with Crippen LogP contribution in [0, 0.1) is 12.7 Å². The maximum absolute atomic E-state index is 13.5. The Kier molecular flexibility index (Phi) is 3.76. The summed E-state index contributed by atoms with van der Waals surface area (Å²) in [5, 5.41) is 8.57. The van der Waals surface area contributed by atoms with Gasteiger partial charge in [0.15, 0.2) is 5.82 Å². The van der Waals surface area contributed by atoms with E-state index in [0.29, 0.717) is 5.82 Å². The molecule has 3 heterocycles. The molecule has 3 aromatic heterocycles. The Labute approximate surface area is 160 Å². The van der Waals surface area contributed by atoms with Gasteiger partial charge < -0.3 is 4.98 Å². The number of hydrogen-bond donors (Lipinski definition) is 2. The van der Waals surface area contributed by atoms with E-state index in [0.717, 1.165) is 44.4 Å². The summed E-state index contributed by atoms with van der Waals surface area (Å²) in [5.41, 5.74) is 6.63. The molecule has 0 fully saturated rings. The maximum Gasteiger partial charge on any atom is 0.156 e. The molecule has 0 spiro atoms. The number of pyridine rings is 1. The molecule has 136 valence electrons. The van der Waals surface area contributed by atoms with E-state index in [2.05, 4.69) is 44.2 Å². The number of nitrogens with zero attached hydrogens (tertiary/aromatic N) is 3. The lowest BCUT2D eigenvalue weighted by Gasteiger charge is -2.10. The van der Waals surface area contributed by atoms with Crippen molar-refractivity contribution in [1.82, 2.24) is 25.1 Å². The maximum atomic E-state index is 13.5. The van der Waals surface area contributed by atoms with E-state index in [9.17, 15) is 4.39 Å². The van der Waals surface area contributed by atoms with Crippen molar-refractivity contribution in [3.05, 3.63) is 78.6 Å². The van der Waals surface area contributed by atoms with Gasteiger partial charge in [-0.05, 0) is 53.9 Å². The highest BCUT2D eigenvalue weighted by Gasteiger charge is 2.17. The minimum atomic E-state index is -0.266. The van der Waals surface area contributed by atoms with Crippen molar-refractivity contribution in [3.8, 4) is 33.8 Å². The number of H-pyrrole nitrogens is 2. The molecule has 0 unspecified atom stereocenters. The number of fused-ring (bicyclic) bond motifs is 1. The van der Waals surface area contributed by atoms with Crippen LogP contribution < -0.4 is 0 Å². The van der Waals surface area contributed by atoms with E-state index >= 15 is 0 Å². The second-order valence-electron chi connectivity index (χ2n) is 6.65. The zero-order valence-electron chi connectivity index (χ0n) is 15.1. The molecule has 0 aliphatic carbocycles. The van der Waals surface area contributed by atoms with Gasteiger partial charge in [-0.3, -0.25) is 10.1 Å². The topological polar surface area (TPSA) is 70.2 Å². The lowest BCUT2D eigenvalue weighted by molar-refractivity contribution is 0.628. The first kappa shape index (κ1) is 16.4. The molecule has 6 heteroatoms. The first-order valence-electron chi connectivity index (χ1n) is 8.89. The molecule has 5 nitrogen and oxygen atoms in total. The van der Waals surface area contributed by atoms with Gasteiger partial charge in [-0.25, -0.2) is 9.37 Å². The van der Waals surface area contributed by atoms with Crippen LogP contribution in [-0.2, 0) is 0 Å². The Morgan fingerprint density at radius 3 is 2.54 bits per heavy atom. The Morgan fingerprint density at radius 1 is 0.929 bits per heavy atom. The summed E-state index contributed by atoms with van der Waals surface area (Å²) in [7, 11) is 0. The Balaban J connectivity index is 1.83. The van der Waals surface area contributed by atoms with E-state index in [4.69, 9.17) is 0 Å². The first-order chi connectivity index (χ1) is 13.7. The molecular formula is C22H16FN5. The summed E-state index contributed by atoms with van der Waals surface area (Å²) >= 11 is 0. The summed E-state index contributed by atoms with van der Waals surface area (Å²) in [6.45, 7) is 2.06. The van der Waals surface area contributed by atoms with Crippen LogP contribution in [0.3, 0.4) is 0 Å². The molecule has 5 rings (SSSR count). The molecule has 2 aromatic carbocycles. The third-order valence-corrected chi connectivity index (χ3v) is 4.90. The van der Waals surface area contributed by atoms with Crippen LogP contribution in [0.15, 0.2) is 67.3 Å². The van der Waals surface area contributed by atoms with Gasteiger partial charge in [-0.2, -0.15) is 5.10 Å². The molecule has 0 saturated heterocycles. The molecule has 28 heavy (non-hydrogen) atoms. The van der Waals surface area contributed by atoms with Crippen LogP contribution in [0.5, 0.6) is 0 Å². The average molecular weight is 369 g/mol.